The standard InChI is InChI=1S/C17H17N3O3/c1-3-9-18-15-11-13(8-10-19-15)16(21)20-14-6-4-12(5-7-14)17(22)23-2/h3-8,10-11H,1,9H2,2H3,(H,18,19)(H,20,21). The number of carbonyl (C=O) groups excluding carboxylic acids is 2. The number of hydrogen-bond acceptors (Lipinski definition) is 5. The predicted molar refractivity (Wildman–Crippen MR) is 88.7 cm³/mol. The van der Waals surface area contributed by atoms with Crippen molar-refractivity contribution in [3.05, 3.63) is 66.4 Å². The average Bonchev–Trinajstić information content (AvgIpc) is 2.60. The number of pyridine rings is 1. The third kappa shape index (κ3) is 4.41. The quantitative estimate of drug-likeness (QED) is 0.633. The minimum Gasteiger partial charge on any atom is -0.465 e. The van der Waals surface area contributed by atoms with Gasteiger partial charge in [0.2, 0.25) is 0 Å². The summed E-state index contributed by atoms with van der Waals surface area (Å²) in [5, 5.41) is 5.78. The highest BCUT2D eigenvalue weighted by Gasteiger charge is 2.09. The molecule has 0 saturated heterocycles. The summed E-state index contributed by atoms with van der Waals surface area (Å²) < 4.78 is 4.62. The molecule has 0 unspecified atom stereocenters. The highest BCUT2D eigenvalue weighted by molar-refractivity contribution is 6.04. The maximum Gasteiger partial charge on any atom is 0.337 e. The van der Waals surface area contributed by atoms with Crippen molar-refractivity contribution < 1.29 is 14.3 Å². The molecule has 2 aromatic rings. The van der Waals surface area contributed by atoms with Gasteiger partial charge in [-0.2, -0.15) is 0 Å². The molecule has 0 fully saturated rings. The monoisotopic (exact) mass is 311 g/mol. The molecule has 0 aliphatic rings. The number of anilines is 2. The van der Waals surface area contributed by atoms with Crippen LogP contribution >= 0.6 is 0 Å². The molecule has 23 heavy (non-hydrogen) atoms. The smallest absolute Gasteiger partial charge is 0.337 e. The summed E-state index contributed by atoms with van der Waals surface area (Å²) in [5.74, 6) is -0.0894. The zero-order valence-corrected chi connectivity index (χ0v) is 12.7. The highest BCUT2D eigenvalue weighted by Crippen LogP contribution is 2.13. The zero-order valence-electron chi connectivity index (χ0n) is 12.7. The van der Waals surface area contributed by atoms with Crippen LogP contribution in [0.25, 0.3) is 0 Å². The topological polar surface area (TPSA) is 80.3 Å². The highest BCUT2D eigenvalue weighted by atomic mass is 16.5. The van der Waals surface area contributed by atoms with Gasteiger partial charge in [0.25, 0.3) is 5.91 Å². The Morgan fingerprint density at radius 3 is 2.61 bits per heavy atom. The van der Waals surface area contributed by atoms with E-state index in [1.807, 2.05) is 0 Å². The number of nitrogens with one attached hydrogen (secondary N) is 2. The summed E-state index contributed by atoms with van der Waals surface area (Å²) in [6, 6.07) is 9.74. The number of rotatable bonds is 6. The molecule has 6 nitrogen and oxygen atoms in total. The molecule has 2 N–H and O–H groups in total. The number of ether oxygens (including phenoxy) is 1. The molecular weight excluding hydrogens is 294 g/mol. The molecular formula is C17H17N3O3. The summed E-state index contributed by atoms with van der Waals surface area (Å²) in [6.45, 7) is 4.17. The van der Waals surface area contributed by atoms with Gasteiger partial charge in [-0.1, -0.05) is 6.08 Å². The first kappa shape index (κ1) is 16.2. The Kier molecular flexibility index (Phi) is 5.46. The van der Waals surface area contributed by atoms with Gasteiger partial charge in [-0.05, 0) is 36.4 Å². The van der Waals surface area contributed by atoms with Crippen molar-refractivity contribution in [3.8, 4) is 0 Å². The van der Waals surface area contributed by atoms with E-state index in [1.54, 1.807) is 48.7 Å². The third-order valence-electron chi connectivity index (χ3n) is 3.01. The van der Waals surface area contributed by atoms with Crippen LogP contribution in [0.2, 0.25) is 0 Å². The summed E-state index contributed by atoms with van der Waals surface area (Å²) in [5.41, 5.74) is 1.48. The summed E-state index contributed by atoms with van der Waals surface area (Å²) in [7, 11) is 1.32. The number of hydrogen-bond donors (Lipinski definition) is 2. The van der Waals surface area contributed by atoms with Crippen molar-refractivity contribution in [1.29, 1.82) is 0 Å². The van der Waals surface area contributed by atoms with Gasteiger partial charge in [0.15, 0.2) is 0 Å². The van der Waals surface area contributed by atoms with E-state index in [0.717, 1.165) is 0 Å². The molecule has 118 valence electrons. The van der Waals surface area contributed by atoms with Crippen LogP contribution in [-0.4, -0.2) is 30.5 Å². The van der Waals surface area contributed by atoms with E-state index in [9.17, 15) is 9.59 Å². The van der Waals surface area contributed by atoms with Crippen molar-refractivity contribution >= 4 is 23.4 Å². The van der Waals surface area contributed by atoms with Gasteiger partial charge in [-0.15, -0.1) is 6.58 Å². The van der Waals surface area contributed by atoms with E-state index in [1.165, 1.54) is 7.11 Å². The molecule has 0 aliphatic heterocycles. The fourth-order valence-electron chi connectivity index (χ4n) is 1.86. The second-order valence-electron chi connectivity index (χ2n) is 4.62. The predicted octanol–water partition coefficient (Wildman–Crippen LogP) is 2.72. The van der Waals surface area contributed by atoms with Gasteiger partial charge in [-0.25, -0.2) is 9.78 Å². The summed E-state index contributed by atoms with van der Waals surface area (Å²) >= 11 is 0. The lowest BCUT2D eigenvalue weighted by Crippen LogP contribution is -2.13. The lowest BCUT2D eigenvalue weighted by Gasteiger charge is -2.08. The SMILES string of the molecule is C=CCNc1cc(C(=O)Nc2ccc(C(=O)OC)cc2)ccn1. The number of carbonyl (C=O) groups is 2. The van der Waals surface area contributed by atoms with E-state index < -0.39 is 5.97 Å². The number of benzene rings is 1. The summed E-state index contributed by atoms with van der Waals surface area (Å²) in [6.07, 6.45) is 3.26. The number of esters is 1. The normalized spacial score (nSPS) is 9.78. The molecule has 6 heteroatoms. The van der Waals surface area contributed by atoms with E-state index in [-0.39, 0.29) is 5.91 Å². The molecule has 2 rings (SSSR count). The van der Waals surface area contributed by atoms with Gasteiger partial charge >= 0.3 is 5.97 Å². The van der Waals surface area contributed by atoms with Gasteiger partial charge < -0.3 is 15.4 Å². The number of amides is 1. The molecule has 1 aromatic heterocycles. The van der Waals surface area contributed by atoms with Crippen LogP contribution in [0, 0.1) is 0 Å². The maximum absolute atomic E-state index is 12.2. The molecule has 0 aliphatic carbocycles. The van der Waals surface area contributed by atoms with E-state index in [2.05, 4.69) is 26.9 Å². The van der Waals surface area contributed by atoms with Crippen molar-refractivity contribution in [1.82, 2.24) is 4.98 Å². The van der Waals surface area contributed by atoms with Gasteiger partial charge in [-0.3, -0.25) is 4.79 Å². The Hall–Kier alpha value is -3.15. The third-order valence-corrected chi connectivity index (χ3v) is 3.01. The van der Waals surface area contributed by atoms with Crippen molar-refractivity contribution in [3.63, 3.8) is 0 Å². The first-order valence-corrected chi connectivity index (χ1v) is 6.94. The van der Waals surface area contributed by atoms with E-state index >= 15 is 0 Å². The minimum absolute atomic E-state index is 0.264. The molecule has 1 amide bonds. The second-order valence-corrected chi connectivity index (χ2v) is 4.62. The van der Waals surface area contributed by atoms with Crippen LogP contribution in [0.1, 0.15) is 20.7 Å². The fraction of sp³-hybridized carbons (Fsp3) is 0.118. The Labute approximate surface area is 134 Å². The van der Waals surface area contributed by atoms with Crippen LogP contribution in [0.4, 0.5) is 11.5 Å². The average molecular weight is 311 g/mol. The second kappa shape index (κ2) is 7.74. The molecule has 0 bridgehead atoms. The van der Waals surface area contributed by atoms with Crippen LogP contribution in [0.3, 0.4) is 0 Å². The summed E-state index contributed by atoms with van der Waals surface area (Å²) in [4.78, 5) is 27.7. The Morgan fingerprint density at radius 1 is 1.22 bits per heavy atom. The van der Waals surface area contributed by atoms with Gasteiger partial charge in [0.05, 0.1) is 12.7 Å². The Balaban J connectivity index is 2.06. The lowest BCUT2D eigenvalue weighted by atomic mass is 10.2. The Bertz CT molecular complexity index is 711. The first-order chi connectivity index (χ1) is 11.1. The van der Waals surface area contributed by atoms with Gasteiger partial charge in [0.1, 0.15) is 5.82 Å². The van der Waals surface area contributed by atoms with Crippen LogP contribution in [-0.2, 0) is 4.74 Å². The molecule has 1 aromatic carbocycles. The van der Waals surface area contributed by atoms with Crippen LogP contribution in [0.5, 0.6) is 0 Å². The molecule has 0 atom stereocenters. The molecule has 1 heterocycles. The van der Waals surface area contributed by atoms with Gasteiger partial charge in [0, 0.05) is 24.0 Å². The van der Waals surface area contributed by atoms with Crippen molar-refractivity contribution in [2.24, 2.45) is 0 Å². The van der Waals surface area contributed by atoms with E-state index in [0.29, 0.717) is 29.2 Å². The van der Waals surface area contributed by atoms with E-state index in [4.69, 9.17) is 0 Å². The first-order valence-electron chi connectivity index (χ1n) is 6.94. The van der Waals surface area contributed by atoms with Crippen molar-refractivity contribution in [2.45, 2.75) is 0 Å². The molecule has 0 saturated carbocycles. The maximum atomic E-state index is 12.2. The van der Waals surface area contributed by atoms with Crippen LogP contribution in [0.15, 0.2) is 55.3 Å². The fourth-order valence-corrected chi connectivity index (χ4v) is 1.86. The minimum atomic E-state index is -0.421. The van der Waals surface area contributed by atoms with Crippen molar-refractivity contribution in [2.75, 3.05) is 24.3 Å². The molecule has 0 radical (unpaired) electrons. The number of nitrogens with zero attached hydrogens (tertiary/aromatic N) is 1. The Morgan fingerprint density at radius 2 is 1.96 bits per heavy atom. The number of aromatic nitrogens is 1. The largest absolute Gasteiger partial charge is 0.465 e. The zero-order chi connectivity index (χ0) is 16.7. The van der Waals surface area contributed by atoms with Crippen LogP contribution < -0.4 is 10.6 Å². The molecule has 0 spiro atoms. The lowest BCUT2D eigenvalue weighted by molar-refractivity contribution is 0.0600. The number of methoxy groups -OCH3 is 1.